The van der Waals surface area contributed by atoms with E-state index >= 15 is 0 Å². The Morgan fingerprint density at radius 1 is 0.773 bits per heavy atom. The van der Waals surface area contributed by atoms with Crippen molar-refractivity contribution in [3.63, 3.8) is 0 Å². The average molecular weight is 300 g/mol. The van der Waals surface area contributed by atoms with E-state index in [0.717, 1.165) is 29.4 Å². The predicted molar refractivity (Wildman–Crippen MR) is 83.9 cm³/mol. The predicted octanol–water partition coefficient (Wildman–Crippen LogP) is 4.09. The summed E-state index contributed by atoms with van der Waals surface area (Å²) < 4.78 is 20.8. The summed E-state index contributed by atoms with van der Waals surface area (Å²) in [5.74, 6) is 3.47. The molecule has 2 aliphatic heterocycles. The van der Waals surface area contributed by atoms with Crippen LogP contribution in [0.5, 0.6) is 23.0 Å². The van der Waals surface area contributed by atoms with Gasteiger partial charge in [0.15, 0.2) is 23.0 Å². The molecule has 2 heterocycles. The smallest absolute Gasteiger partial charge is 0.231 e. The topological polar surface area (TPSA) is 36.9 Å². The summed E-state index contributed by atoms with van der Waals surface area (Å²) in [6.45, 7) is 4.93. The van der Waals surface area contributed by atoms with Gasteiger partial charge in [0.05, 0.1) is 0 Å². The van der Waals surface area contributed by atoms with Crippen LogP contribution >= 0.6 is 0 Å². The standard InChI is InChI=1S/C10H12O2.C8H8O2/c1-2-3-8-4-5-9-10(6-8)12-7-11-9;1-6-2-3-7-8(4-6)10-5-9-7/h4-6H,2-3,7H2,1H3;2-4H,5H2,1H3. The highest BCUT2D eigenvalue weighted by Crippen LogP contribution is 2.33. The molecule has 0 radical (unpaired) electrons. The fraction of sp³-hybridized carbons (Fsp3) is 0.333. The van der Waals surface area contributed by atoms with Crippen LogP contribution < -0.4 is 18.9 Å². The first-order chi connectivity index (χ1) is 10.8. The minimum absolute atomic E-state index is 0.360. The minimum atomic E-state index is 0.360. The molecule has 2 aliphatic rings. The summed E-state index contributed by atoms with van der Waals surface area (Å²) in [6, 6.07) is 12.0. The van der Waals surface area contributed by atoms with Gasteiger partial charge in [0.25, 0.3) is 0 Å². The van der Waals surface area contributed by atoms with E-state index in [0.29, 0.717) is 13.6 Å². The van der Waals surface area contributed by atoms with E-state index < -0.39 is 0 Å². The molecule has 22 heavy (non-hydrogen) atoms. The second-order valence-corrected chi connectivity index (χ2v) is 5.29. The Kier molecular flexibility index (Phi) is 4.37. The van der Waals surface area contributed by atoms with Gasteiger partial charge < -0.3 is 18.9 Å². The summed E-state index contributed by atoms with van der Waals surface area (Å²) >= 11 is 0. The summed E-state index contributed by atoms with van der Waals surface area (Å²) in [6.07, 6.45) is 2.27. The SMILES string of the molecule is CCCc1ccc2c(c1)OCO2.Cc1ccc2c(c1)OCO2. The van der Waals surface area contributed by atoms with E-state index in [1.807, 2.05) is 31.2 Å². The van der Waals surface area contributed by atoms with Gasteiger partial charge in [-0.15, -0.1) is 0 Å². The molecule has 0 fully saturated rings. The second-order valence-electron chi connectivity index (χ2n) is 5.29. The van der Waals surface area contributed by atoms with Crippen molar-refractivity contribution in [2.45, 2.75) is 26.7 Å². The van der Waals surface area contributed by atoms with Crippen LogP contribution in [0.2, 0.25) is 0 Å². The zero-order chi connectivity index (χ0) is 15.4. The van der Waals surface area contributed by atoms with Crippen LogP contribution in [-0.2, 0) is 6.42 Å². The van der Waals surface area contributed by atoms with E-state index in [2.05, 4.69) is 19.1 Å². The summed E-state index contributed by atoms with van der Waals surface area (Å²) in [5.41, 5.74) is 2.52. The molecule has 0 aliphatic carbocycles. The molecule has 2 aromatic carbocycles. The van der Waals surface area contributed by atoms with E-state index in [4.69, 9.17) is 18.9 Å². The fourth-order valence-electron chi connectivity index (χ4n) is 2.39. The number of aryl methyl sites for hydroxylation is 2. The van der Waals surface area contributed by atoms with Gasteiger partial charge in [-0.1, -0.05) is 25.5 Å². The first kappa shape index (κ1) is 14.6. The number of hydrogen-bond donors (Lipinski definition) is 0. The molecule has 4 rings (SSSR count). The lowest BCUT2D eigenvalue weighted by molar-refractivity contribution is 0.173. The summed E-state index contributed by atoms with van der Waals surface area (Å²) in [4.78, 5) is 0. The van der Waals surface area contributed by atoms with Crippen molar-refractivity contribution < 1.29 is 18.9 Å². The Morgan fingerprint density at radius 3 is 2.05 bits per heavy atom. The molecule has 0 saturated heterocycles. The van der Waals surface area contributed by atoms with Crippen LogP contribution in [0.15, 0.2) is 36.4 Å². The molecule has 116 valence electrons. The van der Waals surface area contributed by atoms with Gasteiger partial charge in [0, 0.05) is 0 Å². The van der Waals surface area contributed by atoms with Gasteiger partial charge in [-0.2, -0.15) is 0 Å². The van der Waals surface area contributed by atoms with Gasteiger partial charge in [-0.25, -0.2) is 0 Å². The Balaban J connectivity index is 0.000000133. The lowest BCUT2D eigenvalue weighted by Crippen LogP contribution is -1.92. The molecule has 0 unspecified atom stereocenters. The first-order valence-corrected chi connectivity index (χ1v) is 7.51. The Labute approximate surface area is 130 Å². The van der Waals surface area contributed by atoms with Crippen molar-refractivity contribution in [3.8, 4) is 23.0 Å². The van der Waals surface area contributed by atoms with Gasteiger partial charge in [-0.3, -0.25) is 0 Å². The molecular formula is C18H20O4. The lowest BCUT2D eigenvalue weighted by Gasteiger charge is -1.99. The highest BCUT2D eigenvalue weighted by molar-refractivity contribution is 5.45. The molecular weight excluding hydrogens is 280 g/mol. The van der Waals surface area contributed by atoms with E-state index in [1.165, 1.54) is 17.5 Å². The number of rotatable bonds is 2. The Morgan fingerprint density at radius 2 is 1.36 bits per heavy atom. The second kappa shape index (κ2) is 6.60. The van der Waals surface area contributed by atoms with Crippen molar-refractivity contribution in [1.82, 2.24) is 0 Å². The lowest BCUT2D eigenvalue weighted by atomic mass is 10.1. The van der Waals surface area contributed by atoms with Crippen LogP contribution in [0.1, 0.15) is 24.5 Å². The normalized spacial score (nSPS) is 13.5. The maximum Gasteiger partial charge on any atom is 0.231 e. The molecule has 0 saturated carbocycles. The molecule has 4 heteroatoms. The van der Waals surface area contributed by atoms with Crippen LogP contribution in [0.25, 0.3) is 0 Å². The van der Waals surface area contributed by atoms with Crippen molar-refractivity contribution >= 4 is 0 Å². The van der Waals surface area contributed by atoms with Crippen LogP contribution in [0, 0.1) is 6.92 Å². The van der Waals surface area contributed by atoms with Gasteiger partial charge in [0.1, 0.15) is 0 Å². The quantitative estimate of drug-likeness (QED) is 0.837. The van der Waals surface area contributed by atoms with E-state index in [-0.39, 0.29) is 0 Å². The number of benzene rings is 2. The summed E-state index contributed by atoms with van der Waals surface area (Å²) in [7, 11) is 0. The molecule has 0 spiro atoms. The van der Waals surface area contributed by atoms with Crippen molar-refractivity contribution in [2.75, 3.05) is 13.6 Å². The highest BCUT2D eigenvalue weighted by atomic mass is 16.7. The van der Waals surface area contributed by atoms with Crippen LogP contribution in [0.3, 0.4) is 0 Å². The third-order valence-electron chi connectivity index (χ3n) is 3.50. The third-order valence-corrected chi connectivity index (χ3v) is 3.50. The van der Waals surface area contributed by atoms with Crippen molar-refractivity contribution in [2.24, 2.45) is 0 Å². The first-order valence-electron chi connectivity index (χ1n) is 7.51. The van der Waals surface area contributed by atoms with Gasteiger partial charge >= 0.3 is 0 Å². The average Bonchev–Trinajstić information content (AvgIpc) is 3.15. The van der Waals surface area contributed by atoms with Gasteiger partial charge in [-0.05, 0) is 48.7 Å². The van der Waals surface area contributed by atoms with E-state index in [9.17, 15) is 0 Å². The molecule has 0 amide bonds. The number of fused-ring (bicyclic) bond motifs is 2. The molecule has 4 nitrogen and oxygen atoms in total. The van der Waals surface area contributed by atoms with E-state index in [1.54, 1.807) is 0 Å². The van der Waals surface area contributed by atoms with Crippen LogP contribution in [0.4, 0.5) is 0 Å². The molecule has 0 aromatic heterocycles. The number of hydrogen-bond acceptors (Lipinski definition) is 4. The van der Waals surface area contributed by atoms with Crippen molar-refractivity contribution in [3.05, 3.63) is 47.5 Å². The van der Waals surface area contributed by atoms with Crippen LogP contribution in [-0.4, -0.2) is 13.6 Å². The van der Waals surface area contributed by atoms with Gasteiger partial charge in [0.2, 0.25) is 13.6 Å². The maximum atomic E-state index is 5.26. The number of ether oxygens (including phenoxy) is 4. The zero-order valence-corrected chi connectivity index (χ0v) is 12.9. The Bertz CT molecular complexity index is 652. The summed E-state index contributed by atoms with van der Waals surface area (Å²) in [5, 5.41) is 0. The third kappa shape index (κ3) is 3.27. The largest absolute Gasteiger partial charge is 0.454 e. The fourth-order valence-corrected chi connectivity index (χ4v) is 2.39. The van der Waals surface area contributed by atoms with Crippen molar-refractivity contribution in [1.29, 1.82) is 0 Å². The Hall–Kier alpha value is -2.36. The molecule has 2 aromatic rings. The maximum absolute atomic E-state index is 5.26. The monoisotopic (exact) mass is 300 g/mol. The molecule has 0 bridgehead atoms. The highest BCUT2D eigenvalue weighted by Gasteiger charge is 2.12. The minimum Gasteiger partial charge on any atom is -0.454 e. The zero-order valence-electron chi connectivity index (χ0n) is 12.9. The molecule has 0 atom stereocenters. The molecule has 0 N–H and O–H groups in total.